The minimum absolute atomic E-state index is 0.142. The molecule has 2 amide bonds. The van der Waals surface area contributed by atoms with E-state index in [4.69, 9.17) is 25.2 Å². The third-order valence-corrected chi connectivity index (χ3v) is 6.65. The van der Waals surface area contributed by atoms with E-state index >= 15 is 0 Å². The van der Waals surface area contributed by atoms with E-state index in [9.17, 15) is 29.0 Å². The van der Waals surface area contributed by atoms with Crippen molar-refractivity contribution in [3.63, 3.8) is 0 Å². The van der Waals surface area contributed by atoms with Gasteiger partial charge in [0.25, 0.3) is 11.9 Å². The van der Waals surface area contributed by atoms with Gasteiger partial charge in [0.05, 0.1) is 30.8 Å². The zero-order valence-electron chi connectivity index (χ0n) is 21.7. The van der Waals surface area contributed by atoms with Gasteiger partial charge in [0.15, 0.2) is 0 Å². The zero-order chi connectivity index (χ0) is 28.7. The first-order valence-electron chi connectivity index (χ1n) is 12.3. The Morgan fingerprint density at radius 1 is 1.33 bits per heavy atom. The molecule has 1 atom stereocenters. The number of rotatable bonds is 11. The number of hydrogen-bond donors (Lipinski definition) is 3. The zero-order valence-corrected chi connectivity index (χ0v) is 21.7. The summed E-state index contributed by atoms with van der Waals surface area (Å²) in [5.74, 6) is -3.65. The van der Waals surface area contributed by atoms with E-state index in [1.807, 2.05) is 0 Å². The van der Waals surface area contributed by atoms with E-state index in [1.54, 1.807) is 6.07 Å². The standard InChI is InChI=1S/C26H30B2FN3O7/c1-16(34)22(27)21-19(14-32(23(21)35)26(28,6-3-9-33)25(37)30-2)24(36)39-15-18-5-4-17(12-20(18)29)13-31-7-10-38-11-8-31/h4-5,9,12,34,36H,1,3,6-8,10-11,13-15H2,2H3,(H,30,37)/b22-21-,24-19+. The maximum atomic E-state index is 14.8. The Kier molecular flexibility index (Phi) is 9.98. The number of halogens is 1. The van der Waals surface area contributed by atoms with Crippen molar-refractivity contribution < 1.29 is 38.5 Å². The number of aldehydes is 1. The minimum Gasteiger partial charge on any atom is -0.509 e. The number of benzene rings is 1. The SMILES string of the molecule is [B]/C(C(=C)O)=C1\C(=O)N(C([B])(CCC=O)C(=O)NC)C\C1=C(\O)OCc1ccc(CN2CCOCC2)cc1F. The van der Waals surface area contributed by atoms with Gasteiger partial charge in [0.1, 0.15) is 40.2 Å². The highest BCUT2D eigenvalue weighted by Crippen LogP contribution is 2.35. The molecular weight excluding hydrogens is 507 g/mol. The number of nitrogens with one attached hydrogen (secondary N) is 1. The number of likely N-dealkylation sites (tertiary alicyclic amines) is 1. The fourth-order valence-electron chi connectivity index (χ4n) is 4.42. The summed E-state index contributed by atoms with van der Waals surface area (Å²) < 4.78 is 25.6. The first kappa shape index (κ1) is 30.0. The van der Waals surface area contributed by atoms with Crippen molar-refractivity contribution in [1.29, 1.82) is 0 Å². The van der Waals surface area contributed by atoms with Crippen molar-refractivity contribution in [3.05, 3.63) is 70.0 Å². The Balaban J connectivity index is 1.87. The fraction of sp³-hybridized carbons (Fsp3) is 0.423. The average Bonchev–Trinajstić information content (AvgIpc) is 3.28. The number of aliphatic hydroxyl groups is 2. The third-order valence-electron chi connectivity index (χ3n) is 6.65. The predicted octanol–water partition coefficient (Wildman–Crippen LogP) is 0.871. The third kappa shape index (κ3) is 6.72. The summed E-state index contributed by atoms with van der Waals surface area (Å²) >= 11 is 0. The number of likely N-dealkylation sites (N-methyl/N-ethyl adjacent to an activating group) is 1. The number of amides is 2. The van der Waals surface area contributed by atoms with Crippen LogP contribution in [0.4, 0.5) is 4.39 Å². The lowest BCUT2D eigenvalue weighted by atomic mass is 9.71. The molecule has 1 aromatic rings. The predicted molar refractivity (Wildman–Crippen MR) is 141 cm³/mol. The highest BCUT2D eigenvalue weighted by molar-refractivity contribution is 6.32. The van der Waals surface area contributed by atoms with Crippen LogP contribution >= 0.6 is 0 Å². The number of carbonyl (C=O) groups is 3. The molecule has 10 nitrogen and oxygen atoms in total. The molecule has 204 valence electrons. The molecule has 3 rings (SSSR count). The second-order valence-electron chi connectivity index (χ2n) is 9.22. The first-order valence-corrected chi connectivity index (χ1v) is 12.3. The smallest absolute Gasteiger partial charge is 0.282 e. The van der Waals surface area contributed by atoms with E-state index in [1.165, 1.54) is 19.2 Å². The summed E-state index contributed by atoms with van der Waals surface area (Å²) in [7, 11) is 13.5. The van der Waals surface area contributed by atoms with Gasteiger partial charge in [-0.25, -0.2) is 4.39 Å². The largest absolute Gasteiger partial charge is 0.509 e. The molecule has 1 unspecified atom stereocenters. The first-order chi connectivity index (χ1) is 18.5. The highest BCUT2D eigenvalue weighted by atomic mass is 19.1. The molecule has 13 heteroatoms. The van der Waals surface area contributed by atoms with E-state index in [-0.39, 0.29) is 29.6 Å². The summed E-state index contributed by atoms with van der Waals surface area (Å²) in [5, 5.41) is 23.0. The molecule has 0 spiro atoms. The van der Waals surface area contributed by atoms with Crippen LogP contribution in [0.5, 0.6) is 0 Å². The number of aliphatic hydroxyl groups excluding tert-OH is 2. The van der Waals surface area contributed by atoms with Crippen molar-refractivity contribution in [1.82, 2.24) is 15.1 Å². The van der Waals surface area contributed by atoms with E-state index in [2.05, 4.69) is 16.8 Å². The summed E-state index contributed by atoms with van der Waals surface area (Å²) in [6.07, 6.45) is 0.174. The summed E-state index contributed by atoms with van der Waals surface area (Å²) in [6.45, 7) is 5.78. The topological polar surface area (TPSA) is 129 Å². The number of allylic oxidation sites excluding steroid dienone is 1. The number of carbonyl (C=O) groups excluding carboxylic acids is 3. The molecule has 2 heterocycles. The quantitative estimate of drug-likeness (QED) is 0.164. The van der Waals surface area contributed by atoms with Crippen LogP contribution in [-0.2, 0) is 37.0 Å². The summed E-state index contributed by atoms with van der Waals surface area (Å²) in [4.78, 5) is 40.0. The molecule has 0 saturated carbocycles. The average molecular weight is 537 g/mol. The second kappa shape index (κ2) is 13.0. The van der Waals surface area contributed by atoms with Crippen LogP contribution in [0.1, 0.15) is 24.0 Å². The van der Waals surface area contributed by atoms with Crippen LogP contribution in [-0.4, -0.2) is 99.1 Å². The van der Waals surface area contributed by atoms with Crippen molar-refractivity contribution in [3.8, 4) is 0 Å². The van der Waals surface area contributed by atoms with Gasteiger partial charge in [0, 0.05) is 44.2 Å². The molecule has 0 aromatic heterocycles. The Bertz CT molecular complexity index is 1200. The second-order valence-corrected chi connectivity index (χ2v) is 9.22. The molecule has 3 N–H and O–H groups in total. The van der Waals surface area contributed by atoms with Crippen molar-refractivity contribution in [2.45, 2.75) is 31.4 Å². The number of hydrogen-bond acceptors (Lipinski definition) is 8. The number of ether oxygens (including phenoxy) is 2. The van der Waals surface area contributed by atoms with Gasteiger partial charge in [-0.2, -0.15) is 0 Å². The Morgan fingerprint density at radius 2 is 2.03 bits per heavy atom. The molecule has 2 saturated heterocycles. The van der Waals surface area contributed by atoms with E-state index in [0.717, 1.165) is 23.6 Å². The van der Waals surface area contributed by atoms with Gasteiger partial charge in [-0.3, -0.25) is 14.5 Å². The molecule has 0 aliphatic carbocycles. The molecule has 39 heavy (non-hydrogen) atoms. The van der Waals surface area contributed by atoms with Crippen molar-refractivity contribution >= 4 is 33.8 Å². The molecule has 4 radical (unpaired) electrons. The van der Waals surface area contributed by atoms with Crippen LogP contribution in [0, 0.1) is 5.82 Å². The van der Waals surface area contributed by atoms with Crippen LogP contribution < -0.4 is 5.32 Å². The lowest BCUT2D eigenvalue weighted by molar-refractivity contribution is -0.138. The van der Waals surface area contributed by atoms with Gasteiger partial charge >= 0.3 is 0 Å². The van der Waals surface area contributed by atoms with Crippen molar-refractivity contribution in [2.24, 2.45) is 0 Å². The summed E-state index contributed by atoms with van der Waals surface area (Å²) in [5.41, 5.74) is -2.13. The van der Waals surface area contributed by atoms with Gasteiger partial charge in [0.2, 0.25) is 5.91 Å². The lowest BCUT2D eigenvalue weighted by Crippen LogP contribution is -2.59. The molecule has 2 aliphatic heterocycles. The Morgan fingerprint density at radius 3 is 2.62 bits per heavy atom. The molecular formula is C26H30B2FN3O7. The molecule has 2 fully saturated rings. The summed E-state index contributed by atoms with van der Waals surface area (Å²) in [6, 6.07) is 4.67. The Labute approximate surface area is 228 Å². The highest BCUT2D eigenvalue weighted by Gasteiger charge is 2.47. The maximum absolute atomic E-state index is 14.8. The van der Waals surface area contributed by atoms with Crippen molar-refractivity contribution in [2.75, 3.05) is 39.9 Å². The monoisotopic (exact) mass is 537 g/mol. The van der Waals surface area contributed by atoms with Gasteiger partial charge in [-0.05, 0) is 23.5 Å². The van der Waals surface area contributed by atoms with Gasteiger partial charge in [-0.15, -0.1) is 0 Å². The Hall–Kier alpha value is -3.57. The van der Waals surface area contributed by atoms with Crippen LogP contribution in [0.25, 0.3) is 0 Å². The molecule has 2 aliphatic rings. The minimum atomic E-state index is -1.99. The molecule has 1 aromatic carbocycles. The number of morpholine rings is 1. The normalized spacial score (nSPS) is 20.3. The van der Waals surface area contributed by atoms with Gasteiger partial charge in [-0.1, -0.05) is 18.7 Å². The molecule has 0 bridgehead atoms. The van der Waals surface area contributed by atoms with Crippen LogP contribution in [0.2, 0.25) is 0 Å². The van der Waals surface area contributed by atoms with Crippen LogP contribution in [0.15, 0.2) is 53.1 Å². The lowest BCUT2D eigenvalue weighted by Gasteiger charge is -2.37. The van der Waals surface area contributed by atoms with Gasteiger partial charge < -0.3 is 34.7 Å². The van der Waals surface area contributed by atoms with E-state index in [0.29, 0.717) is 26.0 Å². The maximum Gasteiger partial charge on any atom is 0.282 e. The fourth-order valence-corrected chi connectivity index (χ4v) is 4.42. The number of nitrogens with zero attached hydrogens (tertiary/aromatic N) is 2. The van der Waals surface area contributed by atoms with E-state index < -0.39 is 53.4 Å². The van der Waals surface area contributed by atoms with Crippen LogP contribution in [0.3, 0.4) is 0 Å².